The molecule has 0 aliphatic rings. The number of hydrogen-bond acceptors (Lipinski definition) is 4. The van der Waals surface area contributed by atoms with E-state index in [9.17, 15) is 10.1 Å². The highest BCUT2D eigenvalue weighted by atomic mass is 32.1. The summed E-state index contributed by atoms with van der Waals surface area (Å²) in [7, 11) is 0. The third-order valence-corrected chi connectivity index (χ3v) is 2.19. The standard InChI is InChI=1S/C6H8N2O2S/c1-2-3-5-7-4-6(11-5)8(9)10/h4H,2-3H2,1H3. The highest BCUT2D eigenvalue weighted by molar-refractivity contribution is 7.14. The van der Waals surface area contributed by atoms with Gasteiger partial charge in [-0.15, -0.1) is 0 Å². The molecule has 0 unspecified atom stereocenters. The van der Waals surface area contributed by atoms with E-state index in [0.29, 0.717) is 0 Å². The van der Waals surface area contributed by atoms with Crippen LogP contribution < -0.4 is 0 Å². The maximum Gasteiger partial charge on any atom is 0.343 e. The van der Waals surface area contributed by atoms with Gasteiger partial charge in [-0.2, -0.15) is 0 Å². The van der Waals surface area contributed by atoms with Crippen LogP contribution in [0.2, 0.25) is 0 Å². The molecule has 1 aromatic heterocycles. The van der Waals surface area contributed by atoms with E-state index in [-0.39, 0.29) is 5.00 Å². The van der Waals surface area contributed by atoms with Gasteiger partial charge in [-0.3, -0.25) is 10.1 Å². The molecule has 1 aromatic rings. The van der Waals surface area contributed by atoms with Gasteiger partial charge in [0, 0.05) is 0 Å². The summed E-state index contributed by atoms with van der Waals surface area (Å²) in [4.78, 5) is 13.7. The molecular formula is C6H8N2O2S. The van der Waals surface area contributed by atoms with Gasteiger partial charge in [0.25, 0.3) is 0 Å². The molecule has 4 nitrogen and oxygen atoms in total. The van der Waals surface area contributed by atoms with Gasteiger partial charge in [0.1, 0.15) is 6.20 Å². The minimum absolute atomic E-state index is 0.133. The van der Waals surface area contributed by atoms with Gasteiger partial charge in [-0.1, -0.05) is 6.92 Å². The monoisotopic (exact) mass is 172 g/mol. The Morgan fingerprint density at radius 3 is 3.00 bits per heavy atom. The Bertz CT molecular complexity index is 259. The molecule has 1 heterocycles. The maximum atomic E-state index is 10.2. The summed E-state index contributed by atoms with van der Waals surface area (Å²) >= 11 is 1.16. The van der Waals surface area contributed by atoms with Gasteiger partial charge in [-0.05, 0) is 24.2 Å². The lowest BCUT2D eigenvalue weighted by molar-refractivity contribution is -0.380. The SMILES string of the molecule is CCCc1ncc([N+](=O)[O-])s1. The summed E-state index contributed by atoms with van der Waals surface area (Å²) in [5, 5.41) is 11.2. The summed E-state index contributed by atoms with van der Waals surface area (Å²) in [5.41, 5.74) is 0. The predicted molar refractivity (Wildman–Crippen MR) is 42.8 cm³/mol. The van der Waals surface area contributed by atoms with Crippen molar-refractivity contribution < 1.29 is 4.92 Å². The zero-order chi connectivity index (χ0) is 8.27. The normalized spacial score (nSPS) is 9.91. The van der Waals surface area contributed by atoms with E-state index in [4.69, 9.17) is 0 Å². The Labute approximate surface area is 68.0 Å². The van der Waals surface area contributed by atoms with Gasteiger partial charge in [0.15, 0.2) is 0 Å². The first-order chi connectivity index (χ1) is 5.24. The van der Waals surface area contributed by atoms with Crippen molar-refractivity contribution in [1.29, 1.82) is 0 Å². The smallest absolute Gasteiger partial charge is 0.257 e. The zero-order valence-corrected chi connectivity index (χ0v) is 6.93. The molecule has 0 fully saturated rings. The van der Waals surface area contributed by atoms with Crippen molar-refractivity contribution in [2.45, 2.75) is 19.8 Å². The molecule has 0 saturated heterocycles. The summed E-state index contributed by atoms with van der Waals surface area (Å²) < 4.78 is 0. The number of rotatable bonds is 3. The van der Waals surface area contributed by atoms with Gasteiger partial charge >= 0.3 is 5.00 Å². The molecule has 5 heteroatoms. The second-order valence-corrected chi connectivity index (χ2v) is 3.19. The van der Waals surface area contributed by atoms with Crippen molar-refractivity contribution in [3.63, 3.8) is 0 Å². The molecule has 0 radical (unpaired) electrons. The molecule has 0 N–H and O–H groups in total. The van der Waals surface area contributed by atoms with Crippen LogP contribution in [0, 0.1) is 10.1 Å². The Morgan fingerprint density at radius 2 is 2.55 bits per heavy atom. The van der Waals surface area contributed by atoms with E-state index >= 15 is 0 Å². The topological polar surface area (TPSA) is 56.0 Å². The second kappa shape index (κ2) is 3.43. The Kier molecular flexibility index (Phi) is 2.53. The van der Waals surface area contributed by atoms with Crippen molar-refractivity contribution in [1.82, 2.24) is 4.98 Å². The van der Waals surface area contributed by atoms with Crippen molar-refractivity contribution in [3.8, 4) is 0 Å². The fourth-order valence-corrected chi connectivity index (χ4v) is 1.55. The van der Waals surface area contributed by atoms with Crippen LogP contribution in [-0.2, 0) is 6.42 Å². The molecule has 0 aliphatic heterocycles. The lowest BCUT2D eigenvalue weighted by Gasteiger charge is -1.84. The quantitative estimate of drug-likeness (QED) is 0.517. The first-order valence-corrected chi connectivity index (χ1v) is 4.14. The van der Waals surface area contributed by atoms with E-state index in [0.717, 1.165) is 29.2 Å². The third-order valence-electron chi connectivity index (χ3n) is 1.19. The minimum atomic E-state index is -0.406. The third kappa shape index (κ3) is 1.98. The number of aromatic nitrogens is 1. The summed E-state index contributed by atoms with van der Waals surface area (Å²) in [6.07, 6.45) is 3.12. The van der Waals surface area contributed by atoms with Crippen molar-refractivity contribution in [3.05, 3.63) is 21.3 Å². The molecule has 11 heavy (non-hydrogen) atoms. The molecular weight excluding hydrogens is 164 g/mol. The number of thiazole rings is 1. The molecule has 60 valence electrons. The van der Waals surface area contributed by atoms with Crippen LogP contribution in [0.3, 0.4) is 0 Å². The number of nitro groups is 1. The molecule has 0 amide bonds. The Balaban J connectivity index is 2.73. The Morgan fingerprint density at radius 1 is 1.82 bits per heavy atom. The van der Waals surface area contributed by atoms with Crippen LogP contribution in [0.5, 0.6) is 0 Å². The second-order valence-electron chi connectivity index (χ2n) is 2.10. The van der Waals surface area contributed by atoms with Gasteiger partial charge in [0.2, 0.25) is 0 Å². The fraction of sp³-hybridized carbons (Fsp3) is 0.500. The van der Waals surface area contributed by atoms with Crippen LogP contribution in [0.15, 0.2) is 6.20 Å². The van der Waals surface area contributed by atoms with E-state index < -0.39 is 4.92 Å². The molecule has 0 atom stereocenters. The molecule has 0 bridgehead atoms. The average molecular weight is 172 g/mol. The number of nitrogens with zero attached hydrogens (tertiary/aromatic N) is 2. The van der Waals surface area contributed by atoms with E-state index in [1.165, 1.54) is 6.20 Å². The van der Waals surface area contributed by atoms with Crippen molar-refractivity contribution in [2.24, 2.45) is 0 Å². The first-order valence-electron chi connectivity index (χ1n) is 3.33. The zero-order valence-electron chi connectivity index (χ0n) is 6.11. The average Bonchev–Trinajstić information content (AvgIpc) is 2.37. The summed E-state index contributed by atoms with van der Waals surface area (Å²) in [6.45, 7) is 2.02. The molecule has 0 aliphatic carbocycles. The highest BCUT2D eigenvalue weighted by Crippen LogP contribution is 2.21. The molecule has 0 aromatic carbocycles. The first kappa shape index (κ1) is 8.13. The maximum absolute atomic E-state index is 10.2. The summed E-state index contributed by atoms with van der Waals surface area (Å²) in [5.74, 6) is 0. The number of hydrogen-bond donors (Lipinski definition) is 0. The van der Waals surface area contributed by atoms with Crippen molar-refractivity contribution >= 4 is 16.3 Å². The lowest BCUT2D eigenvalue weighted by atomic mass is 10.4. The van der Waals surface area contributed by atoms with Gasteiger partial charge in [0.05, 0.1) is 9.93 Å². The number of aryl methyl sites for hydroxylation is 1. The van der Waals surface area contributed by atoms with Crippen LogP contribution in [-0.4, -0.2) is 9.91 Å². The van der Waals surface area contributed by atoms with Crippen LogP contribution >= 0.6 is 11.3 Å². The van der Waals surface area contributed by atoms with Crippen molar-refractivity contribution in [2.75, 3.05) is 0 Å². The van der Waals surface area contributed by atoms with Crippen LogP contribution in [0.4, 0.5) is 5.00 Å². The van der Waals surface area contributed by atoms with Crippen LogP contribution in [0.25, 0.3) is 0 Å². The van der Waals surface area contributed by atoms with Crippen LogP contribution in [0.1, 0.15) is 18.4 Å². The molecule has 1 rings (SSSR count). The molecule has 0 saturated carbocycles. The van der Waals surface area contributed by atoms with E-state index in [1.807, 2.05) is 6.92 Å². The largest absolute Gasteiger partial charge is 0.343 e. The van der Waals surface area contributed by atoms with Gasteiger partial charge < -0.3 is 0 Å². The lowest BCUT2D eigenvalue weighted by Crippen LogP contribution is -1.80. The minimum Gasteiger partial charge on any atom is -0.257 e. The van der Waals surface area contributed by atoms with Gasteiger partial charge in [-0.25, -0.2) is 4.98 Å². The predicted octanol–water partition coefficient (Wildman–Crippen LogP) is 2.00. The van der Waals surface area contributed by atoms with E-state index in [2.05, 4.69) is 4.98 Å². The van der Waals surface area contributed by atoms with E-state index in [1.54, 1.807) is 0 Å². The molecule has 0 spiro atoms. The Hall–Kier alpha value is -0.970. The summed E-state index contributed by atoms with van der Waals surface area (Å²) in [6, 6.07) is 0. The highest BCUT2D eigenvalue weighted by Gasteiger charge is 2.09. The fourth-order valence-electron chi connectivity index (χ4n) is 0.714.